The van der Waals surface area contributed by atoms with E-state index >= 15 is 0 Å². The topological polar surface area (TPSA) is 88.0 Å². The smallest absolute Gasteiger partial charge is 0.335 e. The highest BCUT2D eigenvalue weighted by Gasteiger charge is 2.13. The molecule has 5 rings (SSSR count). The maximum absolute atomic E-state index is 11.1. The van der Waals surface area contributed by atoms with Crippen molar-refractivity contribution < 1.29 is 19.4 Å². The van der Waals surface area contributed by atoms with Crippen LogP contribution in [0.4, 0.5) is 0 Å². The molecule has 4 aromatic rings. The maximum atomic E-state index is 11.1. The van der Waals surface area contributed by atoms with E-state index in [2.05, 4.69) is 4.99 Å². The maximum Gasteiger partial charge on any atom is 0.335 e. The zero-order valence-corrected chi connectivity index (χ0v) is 17.5. The Kier molecular flexibility index (Phi) is 4.65. The molecule has 0 spiro atoms. The van der Waals surface area contributed by atoms with Gasteiger partial charge in [0.05, 0.1) is 21.5 Å². The number of nitrogens with zero attached hydrogens (tertiary/aromatic N) is 2. The zero-order chi connectivity index (χ0) is 21.5. The summed E-state index contributed by atoms with van der Waals surface area (Å²) in [5.74, 6) is -1.05. The number of thiazole rings is 1. The van der Waals surface area contributed by atoms with E-state index in [4.69, 9.17) is 21.7 Å². The van der Waals surface area contributed by atoms with Gasteiger partial charge in [0.1, 0.15) is 11.1 Å². The zero-order valence-electron chi connectivity index (χ0n) is 15.9. The van der Waals surface area contributed by atoms with Gasteiger partial charge in [-0.25, -0.2) is 9.79 Å². The number of fused-ring (bicyclic) bond motifs is 1. The second-order valence-electron chi connectivity index (χ2n) is 6.79. The summed E-state index contributed by atoms with van der Waals surface area (Å²) in [5, 5.41) is 21.7. The lowest BCUT2D eigenvalue weighted by molar-refractivity contribution is 0.0697. The van der Waals surface area contributed by atoms with E-state index in [1.54, 1.807) is 18.2 Å². The molecule has 0 aliphatic carbocycles. The van der Waals surface area contributed by atoms with Crippen LogP contribution in [0.15, 0.2) is 70.1 Å². The fraction of sp³-hybridized carbons (Fsp3) is 0. The molecule has 0 unspecified atom stereocenters. The van der Waals surface area contributed by atoms with E-state index in [1.165, 1.54) is 28.0 Å². The van der Waals surface area contributed by atoms with Crippen molar-refractivity contribution in [3.8, 4) is 11.6 Å². The Balaban J connectivity index is 1.56. The van der Waals surface area contributed by atoms with Crippen molar-refractivity contribution in [2.45, 2.75) is 0 Å². The van der Waals surface area contributed by atoms with Gasteiger partial charge in [-0.3, -0.25) is 4.57 Å². The number of aromatic nitrogens is 1. The van der Waals surface area contributed by atoms with Gasteiger partial charge in [0.15, 0.2) is 9.37 Å². The molecule has 0 saturated carbocycles. The summed E-state index contributed by atoms with van der Waals surface area (Å²) in [4.78, 5) is 16.2. The molecule has 0 bridgehead atoms. The minimum Gasteiger partial charge on any atom is -0.493 e. The molecule has 2 N–H and O–H groups in total. The molecule has 3 heterocycles. The number of carboxylic acids is 1. The van der Waals surface area contributed by atoms with Crippen LogP contribution in [0.2, 0.25) is 0 Å². The summed E-state index contributed by atoms with van der Waals surface area (Å²) >= 11 is 6.64. The second kappa shape index (κ2) is 7.50. The molecule has 0 radical (unpaired) electrons. The Labute approximate surface area is 184 Å². The molecular formula is C23H14N2O4S2. The fourth-order valence-electron chi connectivity index (χ4n) is 3.30. The number of hydrogen-bond acceptors (Lipinski definition) is 6. The lowest BCUT2D eigenvalue weighted by atomic mass is 10.2. The lowest BCUT2D eigenvalue weighted by Crippen LogP contribution is -2.19. The first-order valence-corrected chi connectivity index (χ1v) is 10.5. The number of hydrogen-bond donors (Lipinski definition) is 2. The highest BCUT2D eigenvalue weighted by atomic mass is 32.1. The number of carboxylic acid groups (broad SMARTS) is 1. The highest BCUT2D eigenvalue weighted by Crippen LogP contribution is 2.30. The van der Waals surface area contributed by atoms with E-state index in [0.29, 0.717) is 25.3 Å². The quantitative estimate of drug-likeness (QED) is 0.472. The molecule has 1 aliphatic rings. The van der Waals surface area contributed by atoms with Crippen LogP contribution in [0, 0.1) is 3.95 Å². The van der Waals surface area contributed by atoms with Crippen molar-refractivity contribution in [2.24, 2.45) is 4.99 Å². The van der Waals surface area contributed by atoms with Gasteiger partial charge in [0.2, 0.25) is 5.88 Å². The van der Waals surface area contributed by atoms with Crippen molar-refractivity contribution in [1.82, 2.24) is 4.57 Å². The Morgan fingerprint density at radius 3 is 2.61 bits per heavy atom. The molecule has 152 valence electrons. The first kappa shape index (κ1) is 19.2. The molecule has 0 atom stereocenters. The second-order valence-corrected chi connectivity index (χ2v) is 8.47. The minimum atomic E-state index is -1.01. The summed E-state index contributed by atoms with van der Waals surface area (Å²) in [6.07, 6.45) is 3.68. The molecule has 2 aromatic heterocycles. The van der Waals surface area contributed by atoms with Gasteiger partial charge in [0, 0.05) is 11.3 Å². The minimum absolute atomic E-state index is 0.0341. The van der Waals surface area contributed by atoms with Crippen molar-refractivity contribution in [3.63, 3.8) is 0 Å². The number of para-hydroxylation sites is 1. The van der Waals surface area contributed by atoms with E-state index in [-0.39, 0.29) is 11.4 Å². The van der Waals surface area contributed by atoms with Crippen LogP contribution in [0.5, 0.6) is 5.88 Å². The first-order chi connectivity index (χ1) is 15.0. The molecule has 2 aromatic carbocycles. The SMILES string of the molecule is O=C(O)c1ccc(-n2c(O)c(/C=c3\cc/c(=C4\C=c5ccccc5=N4)o3)sc2=S)cc1. The van der Waals surface area contributed by atoms with Crippen molar-refractivity contribution in [3.05, 3.63) is 96.5 Å². The standard InChI is InChI=1S/C23H14N2O4S2/c26-21-20(31-23(30)25(21)15-7-5-13(6-8-15)22(27)28)12-16-9-10-19(29-16)18-11-14-3-1-2-4-17(14)24-18/h1-12,26H,(H,27,28)/b16-12+,19-18-. The number of furan rings is 1. The van der Waals surface area contributed by atoms with Crippen molar-refractivity contribution in [2.75, 3.05) is 0 Å². The Morgan fingerprint density at radius 2 is 1.87 bits per heavy atom. The van der Waals surface area contributed by atoms with Crippen LogP contribution < -0.4 is 21.4 Å². The van der Waals surface area contributed by atoms with Gasteiger partial charge in [-0.2, -0.15) is 0 Å². The molecule has 6 nitrogen and oxygen atoms in total. The third-order valence-electron chi connectivity index (χ3n) is 4.81. The van der Waals surface area contributed by atoms with Crippen molar-refractivity contribution in [1.29, 1.82) is 0 Å². The number of aromatic carboxylic acids is 1. The average Bonchev–Trinajstić information content (AvgIpc) is 3.46. The lowest BCUT2D eigenvalue weighted by Gasteiger charge is -2.05. The van der Waals surface area contributed by atoms with Crippen LogP contribution in [0.1, 0.15) is 15.2 Å². The number of aromatic hydroxyl groups is 1. The average molecular weight is 447 g/mol. The first-order valence-electron chi connectivity index (χ1n) is 9.25. The number of benzene rings is 2. The highest BCUT2D eigenvalue weighted by molar-refractivity contribution is 7.73. The van der Waals surface area contributed by atoms with Gasteiger partial charge in [0.25, 0.3) is 0 Å². The third-order valence-corrected chi connectivity index (χ3v) is 6.12. The van der Waals surface area contributed by atoms with Crippen LogP contribution in [-0.2, 0) is 0 Å². The van der Waals surface area contributed by atoms with E-state index in [1.807, 2.05) is 42.5 Å². The van der Waals surface area contributed by atoms with Crippen molar-refractivity contribution >= 4 is 47.4 Å². The predicted molar refractivity (Wildman–Crippen MR) is 120 cm³/mol. The largest absolute Gasteiger partial charge is 0.493 e. The monoisotopic (exact) mass is 446 g/mol. The number of rotatable bonds is 3. The van der Waals surface area contributed by atoms with Gasteiger partial charge in [-0.05, 0) is 60.8 Å². The van der Waals surface area contributed by atoms with Crippen LogP contribution >= 0.6 is 23.6 Å². The molecule has 0 amide bonds. The summed E-state index contributed by atoms with van der Waals surface area (Å²) < 4.78 is 7.85. The third kappa shape index (κ3) is 3.52. The van der Waals surface area contributed by atoms with Crippen LogP contribution in [-0.4, -0.2) is 20.7 Å². The molecule has 8 heteroatoms. The summed E-state index contributed by atoms with van der Waals surface area (Å²) in [5.41, 5.74) is 2.68. The van der Waals surface area contributed by atoms with Gasteiger partial charge in [-0.1, -0.05) is 18.2 Å². The van der Waals surface area contributed by atoms with E-state index < -0.39 is 5.97 Å². The fourth-order valence-corrected chi connectivity index (χ4v) is 4.59. The normalized spacial score (nSPS) is 14.8. The van der Waals surface area contributed by atoms with Gasteiger partial charge in [-0.15, -0.1) is 11.3 Å². The predicted octanol–water partition coefficient (Wildman–Crippen LogP) is 2.32. The Morgan fingerprint density at radius 1 is 1.10 bits per heavy atom. The molecular weight excluding hydrogens is 432 g/mol. The summed E-state index contributed by atoms with van der Waals surface area (Å²) in [6, 6.07) is 17.6. The van der Waals surface area contributed by atoms with Crippen LogP contribution in [0.25, 0.3) is 23.5 Å². The van der Waals surface area contributed by atoms with E-state index in [9.17, 15) is 9.90 Å². The summed E-state index contributed by atoms with van der Waals surface area (Å²) in [6.45, 7) is 0. The van der Waals surface area contributed by atoms with Crippen LogP contribution in [0.3, 0.4) is 0 Å². The number of carbonyl (C=O) groups is 1. The Hall–Kier alpha value is -3.75. The van der Waals surface area contributed by atoms with Gasteiger partial charge >= 0.3 is 5.97 Å². The molecule has 0 fully saturated rings. The molecule has 31 heavy (non-hydrogen) atoms. The van der Waals surface area contributed by atoms with E-state index in [0.717, 1.165) is 16.3 Å². The molecule has 1 aliphatic heterocycles. The summed E-state index contributed by atoms with van der Waals surface area (Å²) in [7, 11) is 0. The Bertz CT molecular complexity index is 1600. The van der Waals surface area contributed by atoms with Gasteiger partial charge < -0.3 is 14.6 Å². The molecule has 0 saturated heterocycles.